The van der Waals surface area contributed by atoms with Crippen molar-refractivity contribution < 1.29 is 0 Å². The fraction of sp³-hybridized carbons (Fsp3) is 0.0800. The standard InChI is InChI=1S/C25H19ClN2/c1-17-9-11-18(12-10-17)15-23-24(20-6-4-7-21(26)16-20)27-25-22-8-3-2-5-19(22)13-14-28(23)25/h2-14,16H,15H2,1H3. The molecule has 2 heterocycles. The molecule has 2 aromatic heterocycles. The molecule has 0 saturated heterocycles. The van der Waals surface area contributed by atoms with Crippen LogP contribution in [0.3, 0.4) is 0 Å². The molecular weight excluding hydrogens is 364 g/mol. The largest absolute Gasteiger partial charge is 0.303 e. The molecule has 0 aliphatic heterocycles. The van der Waals surface area contributed by atoms with Gasteiger partial charge < -0.3 is 4.40 Å². The Morgan fingerprint density at radius 2 is 1.71 bits per heavy atom. The van der Waals surface area contributed by atoms with Gasteiger partial charge in [-0.15, -0.1) is 0 Å². The summed E-state index contributed by atoms with van der Waals surface area (Å²) in [6.07, 6.45) is 2.93. The number of nitrogens with zero attached hydrogens (tertiary/aromatic N) is 2. The molecule has 3 heteroatoms. The van der Waals surface area contributed by atoms with Crippen LogP contribution in [-0.2, 0) is 6.42 Å². The van der Waals surface area contributed by atoms with Gasteiger partial charge in [0, 0.05) is 28.6 Å². The second-order valence-electron chi connectivity index (χ2n) is 7.18. The van der Waals surface area contributed by atoms with E-state index in [-0.39, 0.29) is 0 Å². The third-order valence-corrected chi connectivity index (χ3v) is 5.44. The highest BCUT2D eigenvalue weighted by Gasteiger charge is 2.16. The Labute approximate surface area is 169 Å². The highest BCUT2D eigenvalue weighted by atomic mass is 35.5. The Hall–Kier alpha value is -3.10. The van der Waals surface area contributed by atoms with Crippen molar-refractivity contribution in [3.63, 3.8) is 0 Å². The fourth-order valence-electron chi connectivity index (χ4n) is 3.75. The molecule has 28 heavy (non-hydrogen) atoms. The first kappa shape index (κ1) is 17.0. The second-order valence-corrected chi connectivity index (χ2v) is 7.61. The quantitative estimate of drug-likeness (QED) is 0.339. The van der Waals surface area contributed by atoms with Gasteiger partial charge in [-0.1, -0.05) is 77.8 Å². The third-order valence-electron chi connectivity index (χ3n) is 5.21. The van der Waals surface area contributed by atoms with Crippen molar-refractivity contribution in [2.24, 2.45) is 0 Å². The molecule has 0 aliphatic carbocycles. The van der Waals surface area contributed by atoms with Gasteiger partial charge in [-0.2, -0.15) is 0 Å². The van der Waals surface area contributed by atoms with Gasteiger partial charge in [0.1, 0.15) is 5.65 Å². The topological polar surface area (TPSA) is 17.3 Å². The smallest absolute Gasteiger partial charge is 0.145 e. The maximum absolute atomic E-state index is 6.28. The molecule has 0 N–H and O–H groups in total. The molecule has 0 atom stereocenters. The van der Waals surface area contributed by atoms with Gasteiger partial charge in [-0.3, -0.25) is 0 Å². The molecule has 0 saturated carbocycles. The van der Waals surface area contributed by atoms with E-state index < -0.39 is 0 Å². The first-order valence-electron chi connectivity index (χ1n) is 9.39. The second kappa shape index (κ2) is 6.81. The number of hydrogen-bond acceptors (Lipinski definition) is 1. The molecule has 5 rings (SSSR count). The Morgan fingerprint density at radius 1 is 0.893 bits per heavy atom. The maximum atomic E-state index is 6.28. The third kappa shape index (κ3) is 2.96. The van der Waals surface area contributed by atoms with Gasteiger partial charge in [0.2, 0.25) is 0 Å². The van der Waals surface area contributed by atoms with Crippen LogP contribution >= 0.6 is 11.6 Å². The Bertz CT molecular complexity index is 1300. The molecule has 0 aliphatic rings. The van der Waals surface area contributed by atoms with Crippen molar-refractivity contribution in [3.8, 4) is 11.3 Å². The van der Waals surface area contributed by atoms with Gasteiger partial charge in [-0.05, 0) is 36.1 Å². The summed E-state index contributed by atoms with van der Waals surface area (Å²) in [6.45, 7) is 2.11. The number of benzene rings is 3. The first-order valence-corrected chi connectivity index (χ1v) is 9.77. The van der Waals surface area contributed by atoms with E-state index in [0.717, 1.165) is 33.7 Å². The van der Waals surface area contributed by atoms with Crippen LogP contribution in [0.4, 0.5) is 0 Å². The molecule has 0 bridgehead atoms. The lowest BCUT2D eigenvalue weighted by molar-refractivity contribution is 1.03. The highest BCUT2D eigenvalue weighted by Crippen LogP contribution is 2.31. The van der Waals surface area contributed by atoms with Crippen LogP contribution in [0.15, 0.2) is 85.1 Å². The van der Waals surface area contributed by atoms with Crippen LogP contribution in [-0.4, -0.2) is 9.38 Å². The summed E-state index contributed by atoms with van der Waals surface area (Å²) in [6, 6.07) is 27.2. The van der Waals surface area contributed by atoms with E-state index in [4.69, 9.17) is 16.6 Å². The molecule has 5 aromatic rings. The van der Waals surface area contributed by atoms with E-state index in [1.165, 1.54) is 22.2 Å². The number of aryl methyl sites for hydroxylation is 1. The van der Waals surface area contributed by atoms with Crippen molar-refractivity contribution in [2.45, 2.75) is 13.3 Å². The summed E-state index contributed by atoms with van der Waals surface area (Å²) in [5.41, 5.74) is 6.72. The zero-order valence-corrected chi connectivity index (χ0v) is 16.3. The summed E-state index contributed by atoms with van der Waals surface area (Å²) in [5.74, 6) is 0. The van der Waals surface area contributed by atoms with Crippen LogP contribution in [0, 0.1) is 6.92 Å². The van der Waals surface area contributed by atoms with Crippen LogP contribution in [0.2, 0.25) is 5.02 Å². The van der Waals surface area contributed by atoms with Crippen LogP contribution in [0.25, 0.3) is 27.7 Å². The number of pyridine rings is 1. The summed E-state index contributed by atoms with van der Waals surface area (Å²) >= 11 is 6.28. The minimum atomic E-state index is 0.723. The minimum absolute atomic E-state index is 0.723. The number of halogens is 1. The van der Waals surface area contributed by atoms with E-state index in [9.17, 15) is 0 Å². The van der Waals surface area contributed by atoms with Gasteiger partial charge in [0.05, 0.1) is 11.4 Å². The zero-order chi connectivity index (χ0) is 19.1. The van der Waals surface area contributed by atoms with Gasteiger partial charge in [0.25, 0.3) is 0 Å². The molecule has 0 radical (unpaired) electrons. The highest BCUT2D eigenvalue weighted by molar-refractivity contribution is 6.30. The van der Waals surface area contributed by atoms with E-state index >= 15 is 0 Å². The van der Waals surface area contributed by atoms with E-state index in [0.29, 0.717) is 0 Å². The lowest BCUT2D eigenvalue weighted by Crippen LogP contribution is -1.97. The van der Waals surface area contributed by atoms with Crippen LogP contribution in [0.1, 0.15) is 16.8 Å². The Balaban J connectivity index is 1.78. The van der Waals surface area contributed by atoms with Gasteiger partial charge in [0.15, 0.2) is 0 Å². The predicted molar refractivity (Wildman–Crippen MR) is 117 cm³/mol. The summed E-state index contributed by atoms with van der Waals surface area (Å²) in [7, 11) is 0. The molecule has 3 aromatic carbocycles. The average molecular weight is 383 g/mol. The fourth-order valence-corrected chi connectivity index (χ4v) is 3.94. The molecule has 0 amide bonds. The zero-order valence-electron chi connectivity index (χ0n) is 15.6. The van der Waals surface area contributed by atoms with Crippen LogP contribution < -0.4 is 0 Å². The lowest BCUT2D eigenvalue weighted by Gasteiger charge is -2.07. The molecule has 0 spiro atoms. The molecule has 0 fully saturated rings. The van der Waals surface area contributed by atoms with Crippen molar-refractivity contribution >= 4 is 28.0 Å². The van der Waals surface area contributed by atoms with Crippen LogP contribution in [0.5, 0.6) is 0 Å². The van der Waals surface area contributed by atoms with Crippen molar-refractivity contribution in [1.82, 2.24) is 9.38 Å². The van der Waals surface area contributed by atoms with E-state index in [2.05, 4.69) is 78.2 Å². The van der Waals surface area contributed by atoms with Gasteiger partial charge >= 0.3 is 0 Å². The Morgan fingerprint density at radius 3 is 2.54 bits per heavy atom. The van der Waals surface area contributed by atoms with Crippen molar-refractivity contribution in [1.29, 1.82) is 0 Å². The maximum Gasteiger partial charge on any atom is 0.145 e. The van der Waals surface area contributed by atoms with E-state index in [1.54, 1.807) is 0 Å². The predicted octanol–water partition coefficient (Wildman–Crippen LogP) is 6.71. The van der Waals surface area contributed by atoms with E-state index in [1.807, 2.05) is 18.2 Å². The SMILES string of the molecule is Cc1ccc(Cc2c(-c3cccc(Cl)c3)nc3c4ccccc4ccn23)cc1. The monoisotopic (exact) mass is 382 g/mol. The number of fused-ring (bicyclic) bond motifs is 3. The summed E-state index contributed by atoms with van der Waals surface area (Å²) in [5, 5.41) is 3.07. The lowest BCUT2D eigenvalue weighted by atomic mass is 10.0. The number of imidazole rings is 1. The molecule has 2 nitrogen and oxygen atoms in total. The average Bonchev–Trinajstić information content (AvgIpc) is 3.08. The van der Waals surface area contributed by atoms with Crippen molar-refractivity contribution in [3.05, 3.63) is 107 Å². The Kier molecular flexibility index (Phi) is 4.14. The van der Waals surface area contributed by atoms with Gasteiger partial charge in [-0.25, -0.2) is 4.98 Å². The van der Waals surface area contributed by atoms with Crippen molar-refractivity contribution in [2.75, 3.05) is 0 Å². The normalized spacial score (nSPS) is 11.4. The number of hydrogen-bond donors (Lipinski definition) is 0. The summed E-state index contributed by atoms with van der Waals surface area (Å²) < 4.78 is 2.22. The summed E-state index contributed by atoms with van der Waals surface area (Å²) in [4.78, 5) is 5.07. The first-order chi connectivity index (χ1) is 13.7. The minimum Gasteiger partial charge on any atom is -0.303 e. The molecule has 136 valence electrons. The molecule has 0 unspecified atom stereocenters. The number of aromatic nitrogens is 2. The molecular formula is C25H19ClN2. The number of rotatable bonds is 3.